The quantitative estimate of drug-likeness (QED) is 0.905. The van der Waals surface area contributed by atoms with Gasteiger partial charge >= 0.3 is 0 Å². The van der Waals surface area contributed by atoms with Gasteiger partial charge in [0.2, 0.25) is 0 Å². The Bertz CT molecular complexity index is 534. The van der Waals surface area contributed by atoms with Crippen LogP contribution in [0.4, 0.5) is 5.82 Å². The second-order valence-corrected chi connectivity index (χ2v) is 4.79. The molecule has 1 aromatic carbocycles. The molecule has 0 atom stereocenters. The third-order valence-electron chi connectivity index (χ3n) is 2.25. The number of phenols is 1. The predicted octanol–water partition coefficient (Wildman–Crippen LogP) is 3.82. The van der Waals surface area contributed by atoms with E-state index in [0.717, 1.165) is 10.0 Å². The topological polar surface area (TPSA) is 45.1 Å². The summed E-state index contributed by atoms with van der Waals surface area (Å²) in [5.74, 6) is 0.853. The average molecular weight is 314 g/mol. The fourth-order valence-electron chi connectivity index (χ4n) is 1.38. The Labute approximate surface area is 113 Å². The van der Waals surface area contributed by atoms with Crippen molar-refractivity contribution in [3.8, 4) is 5.75 Å². The van der Waals surface area contributed by atoms with Crippen LogP contribution in [0.3, 0.4) is 0 Å². The van der Waals surface area contributed by atoms with Crippen LogP contribution in [0.1, 0.15) is 5.56 Å². The highest BCUT2D eigenvalue weighted by Gasteiger charge is 2.04. The van der Waals surface area contributed by atoms with Crippen molar-refractivity contribution in [2.75, 3.05) is 5.32 Å². The molecular formula is C12H10BrClN2O. The van der Waals surface area contributed by atoms with Crippen molar-refractivity contribution in [3.05, 3.63) is 51.6 Å². The maximum Gasteiger partial charge on any atom is 0.145 e. The van der Waals surface area contributed by atoms with Crippen molar-refractivity contribution in [1.29, 1.82) is 0 Å². The molecule has 0 unspecified atom stereocenters. The standard InChI is InChI=1S/C12H10BrClN2O/c13-9-5-10(14)12(16-7-9)15-6-8-3-1-2-4-11(8)17/h1-5,7,17H,6H2,(H,15,16). The molecular weight excluding hydrogens is 304 g/mol. The van der Waals surface area contributed by atoms with E-state index in [1.54, 1.807) is 24.4 Å². The molecule has 0 aliphatic carbocycles. The van der Waals surface area contributed by atoms with Crippen LogP contribution >= 0.6 is 27.5 Å². The minimum absolute atomic E-state index is 0.258. The van der Waals surface area contributed by atoms with Crippen LogP contribution in [0.15, 0.2) is 41.0 Å². The molecule has 0 aliphatic heterocycles. The first kappa shape index (κ1) is 12.2. The van der Waals surface area contributed by atoms with Crippen LogP contribution in [-0.4, -0.2) is 10.1 Å². The fourth-order valence-corrected chi connectivity index (χ4v) is 2.08. The molecule has 2 rings (SSSR count). The maximum atomic E-state index is 9.60. The van der Waals surface area contributed by atoms with E-state index in [4.69, 9.17) is 11.6 Å². The van der Waals surface area contributed by atoms with Crippen LogP contribution in [0, 0.1) is 0 Å². The van der Waals surface area contributed by atoms with Gasteiger partial charge in [-0.05, 0) is 28.1 Å². The lowest BCUT2D eigenvalue weighted by atomic mass is 10.2. The van der Waals surface area contributed by atoms with E-state index >= 15 is 0 Å². The second kappa shape index (κ2) is 5.38. The first-order valence-electron chi connectivity index (χ1n) is 4.98. The Morgan fingerprint density at radius 3 is 2.82 bits per heavy atom. The number of halogens is 2. The van der Waals surface area contributed by atoms with Gasteiger partial charge in [0.1, 0.15) is 11.6 Å². The smallest absolute Gasteiger partial charge is 0.145 e. The highest BCUT2D eigenvalue weighted by molar-refractivity contribution is 9.10. The van der Waals surface area contributed by atoms with E-state index in [9.17, 15) is 5.11 Å². The van der Waals surface area contributed by atoms with Crippen molar-refractivity contribution < 1.29 is 5.11 Å². The van der Waals surface area contributed by atoms with Gasteiger partial charge in [0.05, 0.1) is 5.02 Å². The van der Waals surface area contributed by atoms with E-state index in [1.165, 1.54) is 0 Å². The summed E-state index contributed by atoms with van der Waals surface area (Å²) in [6.07, 6.45) is 1.67. The molecule has 88 valence electrons. The summed E-state index contributed by atoms with van der Waals surface area (Å²) in [6.45, 7) is 0.473. The third kappa shape index (κ3) is 3.11. The number of hydrogen-bond donors (Lipinski definition) is 2. The molecule has 0 bridgehead atoms. The first-order valence-corrected chi connectivity index (χ1v) is 6.15. The van der Waals surface area contributed by atoms with Gasteiger partial charge < -0.3 is 10.4 Å². The number of pyridine rings is 1. The summed E-state index contributed by atoms with van der Waals surface area (Å²) >= 11 is 9.31. The Morgan fingerprint density at radius 2 is 2.12 bits per heavy atom. The second-order valence-electron chi connectivity index (χ2n) is 3.47. The zero-order chi connectivity index (χ0) is 12.3. The van der Waals surface area contributed by atoms with Gasteiger partial charge in [-0.1, -0.05) is 29.8 Å². The molecule has 1 heterocycles. The monoisotopic (exact) mass is 312 g/mol. The number of para-hydroxylation sites is 1. The average Bonchev–Trinajstić information content (AvgIpc) is 2.30. The fraction of sp³-hybridized carbons (Fsp3) is 0.0833. The number of anilines is 1. The number of nitrogens with zero attached hydrogens (tertiary/aromatic N) is 1. The van der Waals surface area contributed by atoms with Crippen LogP contribution in [0.5, 0.6) is 5.75 Å². The molecule has 0 aliphatic rings. The molecule has 5 heteroatoms. The number of hydrogen-bond acceptors (Lipinski definition) is 3. The number of phenolic OH excluding ortho intramolecular Hbond substituents is 1. The van der Waals surface area contributed by atoms with Gasteiger partial charge in [0.25, 0.3) is 0 Å². The minimum atomic E-state index is 0.258. The molecule has 3 nitrogen and oxygen atoms in total. The molecule has 2 N–H and O–H groups in total. The summed E-state index contributed by atoms with van der Waals surface area (Å²) < 4.78 is 0.829. The SMILES string of the molecule is Oc1ccccc1CNc1ncc(Br)cc1Cl. The molecule has 0 fully saturated rings. The normalized spacial score (nSPS) is 10.2. The van der Waals surface area contributed by atoms with Crippen LogP contribution < -0.4 is 5.32 Å². The van der Waals surface area contributed by atoms with E-state index < -0.39 is 0 Å². The van der Waals surface area contributed by atoms with Gasteiger partial charge in [-0.3, -0.25) is 0 Å². The lowest BCUT2D eigenvalue weighted by Gasteiger charge is -2.08. The number of nitrogens with one attached hydrogen (secondary N) is 1. The summed E-state index contributed by atoms with van der Waals surface area (Å²) in [5.41, 5.74) is 0.799. The molecule has 17 heavy (non-hydrogen) atoms. The van der Waals surface area contributed by atoms with Gasteiger partial charge in [-0.2, -0.15) is 0 Å². The molecule has 0 saturated carbocycles. The highest BCUT2D eigenvalue weighted by Crippen LogP contribution is 2.24. The molecule has 0 spiro atoms. The van der Waals surface area contributed by atoms with Gasteiger partial charge in [-0.25, -0.2) is 4.98 Å². The summed E-state index contributed by atoms with van der Waals surface area (Å²) in [7, 11) is 0. The number of aromatic nitrogens is 1. The lowest BCUT2D eigenvalue weighted by molar-refractivity contribution is 0.469. The van der Waals surface area contributed by atoms with Crippen LogP contribution in [0.2, 0.25) is 5.02 Å². The van der Waals surface area contributed by atoms with Crippen molar-refractivity contribution in [2.45, 2.75) is 6.54 Å². The zero-order valence-corrected chi connectivity index (χ0v) is 11.2. The maximum absolute atomic E-state index is 9.60. The molecule has 1 aromatic heterocycles. The van der Waals surface area contributed by atoms with Gasteiger partial charge in [-0.15, -0.1) is 0 Å². The van der Waals surface area contributed by atoms with Crippen LogP contribution in [0.25, 0.3) is 0 Å². The van der Waals surface area contributed by atoms with Crippen molar-refractivity contribution >= 4 is 33.3 Å². The Balaban J connectivity index is 2.10. The Morgan fingerprint density at radius 1 is 1.35 bits per heavy atom. The van der Waals surface area contributed by atoms with Gasteiger partial charge in [0, 0.05) is 22.8 Å². The number of benzene rings is 1. The van der Waals surface area contributed by atoms with Crippen LogP contribution in [-0.2, 0) is 6.54 Å². The van der Waals surface area contributed by atoms with E-state index in [2.05, 4.69) is 26.2 Å². The molecule has 0 saturated heterocycles. The van der Waals surface area contributed by atoms with Crippen molar-refractivity contribution in [3.63, 3.8) is 0 Å². The lowest BCUT2D eigenvalue weighted by Crippen LogP contribution is -2.02. The summed E-state index contributed by atoms with van der Waals surface area (Å²) in [6, 6.07) is 8.90. The molecule has 0 amide bonds. The summed E-state index contributed by atoms with van der Waals surface area (Å²) in [5, 5.41) is 13.2. The summed E-state index contributed by atoms with van der Waals surface area (Å²) in [4.78, 5) is 4.15. The molecule has 2 aromatic rings. The van der Waals surface area contributed by atoms with E-state index in [-0.39, 0.29) is 5.75 Å². The van der Waals surface area contributed by atoms with Gasteiger partial charge in [0.15, 0.2) is 0 Å². The van der Waals surface area contributed by atoms with E-state index in [0.29, 0.717) is 17.4 Å². The Hall–Kier alpha value is -1.26. The zero-order valence-electron chi connectivity index (χ0n) is 8.82. The number of rotatable bonds is 3. The van der Waals surface area contributed by atoms with Crippen molar-refractivity contribution in [2.24, 2.45) is 0 Å². The van der Waals surface area contributed by atoms with Crippen molar-refractivity contribution in [1.82, 2.24) is 4.98 Å². The largest absolute Gasteiger partial charge is 0.508 e. The highest BCUT2D eigenvalue weighted by atomic mass is 79.9. The predicted molar refractivity (Wildman–Crippen MR) is 72.4 cm³/mol. The van der Waals surface area contributed by atoms with E-state index in [1.807, 2.05) is 12.1 Å². The first-order chi connectivity index (χ1) is 8.16. The molecule has 0 radical (unpaired) electrons. The third-order valence-corrected chi connectivity index (χ3v) is 2.97. The number of aromatic hydroxyl groups is 1. The Kier molecular flexibility index (Phi) is 3.86. The minimum Gasteiger partial charge on any atom is -0.508 e.